The van der Waals surface area contributed by atoms with Crippen LogP contribution in [0.3, 0.4) is 0 Å². The smallest absolute Gasteiger partial charge is 0.233 e. The lowest BCUT2D eigenvalue weighted by Gasteiger charge is -2.12. The monoisotopic (exact) mass is 288 g/mol. The van der Waals surface area contributed by atoms with Crippen LogP contribution >= 0.6 is 0 Å². The minimum atomic E-state index is -0.369. The molecule has 0 atom stereocenters. The molecule has 2 rings (SSSR count). The first-order valence-corrected chi connectivity index (χ1v) is 7.25. The molecule has 1 aliphatic rings. The SMILES string of the molecule is CC(=O)c1cccc(NC(=O)CC(=O)NC2CCCC2)c1. The van der Waals surface area contributed by atoms with E-state index in [4.69, 9.17) is 0 Å². The van der Waals surface area contributed by atoms with Gasteiger partial charge < -0.3 is 10.6 Å². The van der Waals surface area contributed by atoms with Crippen molar-refractivity contribution in [3.05, 3.63) is 29.8 Å². The van der Waals surface area contributed by atoms with Crippen LogP contribution in [0.5, 0.6) is 0 Å². The van der Waals surface area contributed by atoms with Gasteiger partial charge in [0.05, 0.1) is 0 Å². The second-order valence-corrected chi connectivity index (χ2v) is 5.41. The third-order valence-corrected chi connectivity index (χ3v) is 3.59. The first kappa shape index (κ1) is 15.2. The molecule has 0 heterocycles. The van der Waals surface area contributed by atoms with Gasteiger partial charge in [0.25, 0.3) is 0 Å². The number of hydrogen-bond acceptors (Lipinski definition) is 3. The Morgan fingerprint density at radius 2 is 1.86 bits per heavy atom. The second-order valence-electron chi connectivity index (χ2n) is 5.41. The Morgan fingerprint density at radius 1 is 1.14 bits per heavy atom. The van der Waals surface area contributed by atoms with Crippen LogP contribution in [0.15, 0.2) is 24.3 Å². The molecular formula is C16H20N2O3. The van der Waals surface area contributed by atoms with E-state index in [1.807, 2.05) is 0 Å². The minimum Gasteiger partial charge on any atom is -0.353 e. The van der Waals surface area contributed by atoms with Crippen LogP contribution in [0.25, 0.3) is 0 Å². The number of ketones is 1. The number of nitrogens with one attached hydrogen (secondary N) is 2. The van der Waals surface area contributed by atoms with Crippen LogP contribution < -0.4 is 10.6 Å². The van der Waals surface area contributed by atoms with Gasteiger partial charge in [0.2, 0.25) is 11.8 Å². The lowest BCUT2D eigenvalue weighted by Crippen LogP contribution is -2.35. The van der Waals surface area contributed by atoms with E-state index >= 15 is 0 Å². The molecular weight excluding hydrogens is 268 g/mol. The maximum Gasteiger partial charge on any atom is 0.233 e. The molecule has 0 aromatic heterocycles. The van der Waals surface area contributed by atoms with E-state index in [2.05, 4.69) is 10.6 Å². The predicted octanol–water partition coefficient (Wildman–Crippen LogP) is 2.28. The highest BCUT2D eigenvalue weighted by Crippen LogP contribution is 2.17. The average molecular weight is 288 g/mol. The van der Waals surface area contributed by atoms with Gasteiger partial charge in [-0.05, 0) is 31.9 Å². The van der Waals surface area contributed by atoms with Gasteiger partial charge in [0.1, 0.15) is 6.42 Å². The summed E-state index contributed by atoms with van der Waals surface area (Å²) in [6.07, 6.45) is 4.06. The van der Waals surface area contributed by atoms with Crippen molar-refractivity contribution < 1.29 is 14.4 Å². The van der Waals surface area contributed by atoms with Crippen LogP contribution in [0, 0.1) is 0 Å². The Labute approximate surface area is 124 Å². The van der Waals surface area contributed by atoms with Gasteiger partial charge in [-0.2, -0.15) is 0 Å². The molecule has 0 spiro atoms. The van der Waals surface area contributed by atoms with Crippen molar-refractivity contribution in [1.82, 2.24) is 5.32 Å². The Morgan fingerprint density at radius 3 is 2.52 bits per heavy atom. The van der Waals surface area contributed by atoms with E-state index in [0.29, 0.717) is 11.3 Å². The maximum atomic E-state index is 11.8. The fourth-order valence-electron chi connectivity index (χ4n) is 2.52. The van der Waals surface area contributed by atoms with E-state index in [9.17, 15) is 14.4 Å². The second kappa shape index (κ2) is 7.02. The summed E-state index contributed by atoms with van der Waals surface area (Å²) in [4.78, 5) is 34.8. The third-order valence-electron chi connectivity index (χ3n) is 3.59. The zero-order chi connectivity index (χ0) is 15.2. The molecule has 1 aromatic carbocycles. The number of Topliss-reactive ketones (excluding diaryl/α,β-unsaturated/α-hetero) is 1. The summed E-state index contributed by atoms with van der Waals surface area (Å²) in [5, 5.41) is 5.51. The zero-order valence-electron chi connectivity index (χ0n) is 12.1. The summed E-state index contributed by atoms with van der Waals surface area (Å²) >= 11 is 0. The Kier molecular flexibility index (Phi) is 5.09. The predicted molar refractivity (Wildman–Crippen MR) is 80.1 cm³/mol. The number of rotatable bonds is 5. The van der Waals surface area contributed by atoms with E-state index in [1.165, 1.54) is 6.92 Å². The molecule has 0 bridgehead atoms. The molecule has 5 heteroatoms. The van der Waals surface area contributed by atoms with Gasteiger partial charge >= 0.3 is 0 Å². The first-order valence-electron chi connectivity index (χ1n) is 7.25. The molecule has 0 radical (unpaired) electrons. The van der Waals surface area contributed by atoms with Gasteiger partial charge in [-0.25, -0.2) is 0 Å². The number of hydrogen-bond donors (Lipinski definition) is 2. The quantitative estimate of drug-likeness (QED) is 0.644. The molecule has 1 aromatic rings. The van der Waals surface area contributed by atoms with Gasteiger partial charge in [-0.1, -0.05) is 25.0 Å². The first-order chi connectivity index (χ1) is 10.0. The summed E-state index contributed by atoms with van der Waals surface area (Å²) in [6.45, 7) is 1.47. The summed E-state index contributed by atoms with van der Waals surface area (Å²) in [6, 6.07) is 6.90. The zero-order valence-corrected chi connectivity index (χ0v) is 12.1. The van der Waals surface area contributed by atoms with E-state index in [1.54, 1.807) is 24.3 Å². The molecule has 1 saturated carbocycles. The van der Waals surface area contributed by atoms with Crippen molar-refractivity contribution in [3.63, 3.8) is 0 Å². The summed E-state index contributed by atoms with van der Waals surface area (Å²) in [7, 11) is 0. The Balaban J connectivity index is 1.84. The normalized spacial score (nSPS) is 14.7. The minimum absolute atomic E-state index is 0.0647. The summed E-state index contributed by atoms with van der Waals surface area (Å²) in [5.41, 5.74) is 1.06. The van der Waals surface area contributed by atoms with Crippen molar-refractivity contribution in [2.45, 2.75) is 45.1 Å². The highest BCUT2D eigenvalue weighted by Gasteiger charge is 2.18. The fourth-order valence-corrected chi connectivity index (χ4v) is 2.52. The molecule has 2 N–H and O–H groups in total. The highest BCUT2D eigenvalue weighted by molar-refractivity contribution is 6.04. The number of carbonyl (C=O) groups is 3. The van der Waals surface area contributed by atoms with Gasteiger partial charge in [0.15, 0.2) is 5.78 Å². The van der Waals surface area contributed by atoms with Crippen molar-refractivity contribution in [2.24, 2.45) is 0 Å². The van der Waals surface area contributed by atoms with Crippen molar-refractivity contribution in [2.75, 3.05) is 5.32 Å². The fraction of sp³-hybridized carbons (Fsp3) is 0.438. The molecule has 2 amide bonds. The molecule has 0 aliphatic heterocycles. The molecule has 1 aliphatic carbocycles. The number of benzene rings is 1. The lowest BCUT2D eigenvalue weighted by molar-refractivity contribution is -0.127. The number of anilines is 1. The van der Waals surface area contributed by atoms with Gasteiger partial charge in [-0.3, -0.25) is 14.4 Å². The maximum absolute atomic E-state index is 11.8. The Hall–Kier alpha value is -2.17. The van der Waals surface area contributed by atoms with E-state index in [0.717, 1.165) is 25.7 Å². The summed E-state index contributed by atoms with van der Waals surface area (Å²) in [5.74, 6) is -0.682. The molecule has 0 unspecified atom stereocenters. The topological polar surface area (TPSA) is 75.3 Å². The van der Waals surface area contributed by atoms with Crippen molar-refractivity contribution >= 4 is 23.3 Å². The third kappa shape index (κ3) is 4.70. The van der Waals surface area contributed by atoms with Crippen LogP contribution in [0.4, 0.5) is 5.69 Å². The largest absolute Gasteiger partial charge is 0.353 e. The average Bonchev–Trinajstić information content (AvgIpc) is 2.91. The van der Waals surface area contributed by atoms with Gasteiger partial charge in [-0.15, -0.1) is 0 Å². The van der Waals surface area contributed by atoms with E-state index < -0.39 is 0 Å². The molecule has 5 nitrogen and oxygen atoms in total. The highest BCUT2D eigenvalue weighted by atomic mass is 16.2. The summed E-state index contributed by atoms with van der Waals surface area (Å²) < 4.78 is 0. The van der Waals surface area contributed by atoms with Crippen LogP contribution in [0.2, 0.25) is 0 Å². The molecule has 112 valence electrons. The number of amides is 2. The molecule has 1 fully saturated rings. The number of carbonyl (C=O) groups excluding carboxylic acids is 3. The van der Waals surface area contributed by atoms with Gasteiger partial charge in [0, 0.05) is 17.3 Å². The molecule has 0 saturated heterocycles. The Bertz CT molecular complexity index is 548. The van der Waals surface area contributed by atoms with Crippen molar-refractivity contribution in [1.29, 1.82) is 0 Å². The standard InChI is InChI=1S/C16H20N2O3/c1-11(19)12-5-4-8-14(9-12)18-16(21)10-15(20)17-13-6-2-3-7-13/h4-5,8-9,13H,2-3,6-7,10H2,1H3,(H,17,20)(H,18,21). The van der Waals surface area contributed by atoms with Crippen LogP contribution in [0.1, 0.15) is 49.4 Å². The molecule has 21 heavy (non-hydrogen) atoms. The van der Waals surface area contributed by atoms with Crippen molar-refractivity contribution in [3.8, 4) is 0 Å². The van der Waals surface area contributed by atoms with E-state index in [-0.39, 0.29) is 30.1 Å². The lowest BCUT2D eigenvalue weighted by atomic mass is 10.1. The van der Waals surface area contributed by atoms with Crippen LogP contribution in [-0.4, -0.2) is 23.6 Å². The van der Waals surface area contributed by atoms with Crippen LogP contribution in [-0.2, 0) is 9.59 Å².